The van der Waals surface area contributed by atoms with Gasteiger partial charge < -0.3 is 10.1 Å². The Hall–Kier alpha value is -0.390. The van der Waals surface area contributed by atoms with Gasteiger partial charge in [-0.15, -0.1) is 0 Å². The molecule has 0 saturated carbocycles. The van der Waals surface area contributed by atoms with Crippen molar-refractivity contribution in [1.82, 2.24) is 15.8 Å². The summed E-state index contributed by atoms with van der Waals surface area (Å²) in [6.07, 6.45) is 3.84. The van der Waals surface area contributed by atoms with E-state index in [0.29, 0.717) is 11.7 Å². The molecule has 1 aliphatic rings. The van der Waals surface area contributed by atoms with Gasteiger partial charge >= 0.3 is 0 Å². The molecule has 0 aromatic heterocycles. The van der Waals surface area contributed by atoms with E-state index in [1.165, 1.54) is 19.3 Å². The van der Waals surface area contributed by atoms with Crippen molar-refractivity contribution in [3.05, 3.63) is 0 Å². The van der Waals surface area contributed by atoms with Gasteiger partial charge in [0.25, 0.3) is 0 Å². The molecule has 0 aromatic carbocycles. The molecule has 0 aliphatic carbocycles. The fourth-order valence-electron chi connectivity index (χ4n) is 1.70. The molecule has 5 heteroatoms. The Labute approximate surface area is 97.3 Å². The van der Waals surface area contributed by atoms with E-state index in [2.05, 4.69) is 15.8 Å². The molecular formula is C10H21N3OS. The minimum atomic E-state index is 0.250. The number of methoxy groups -OCH3 is 1. The molecule has 0 amide bonds. The highest BCUT2D eigenvalue weighted by Crippen LogP contribution is 2.05. The number of hydrazine groups is 1. The molecule has 1 rings (SSSR count). The largest absolute Gasteiger partial charge is 0.383 e. The summed E-state index contributed by atoms with van der Waals surface area (Å²) in [6.45, 7) is 4.89. The number of piperidine rings is 1. The zero-order valence-electron chi connectivity index (χ0n) is 9.58. The van der Waals surface area contributed by atoms with Crippen LogP contribution in [0, 0.1) is 0 Å². The molecule has 2 N–H and O–H groups in total. The normalized spacial score (nSPS) is 19.6. The van der Waals surface area contributed by atoms with Gasteiger partial charge in [-0.1, -0.05) is 6.42 Å². The van der Waals surface area contributed by atoms with Crippen molar-refractivity contribution in [1.29, 1.82) is 0 Å². The standard InChI is InChI=1S/C10H21N3OS/c1-9(8-14-2)11-10(15)12-13-6-4-3-5-7-13/h9H,3-8H2,1-2H3,(H2,11,12,15). The molecule has 1 saturated heterocycles. The minimum Gasteiger partial charge on any atom is -0.383 e. The summed E-state index contributed by atoms with van der Waals surface area (Å²) in [7, 11) is 1.69. The van der Waals surface area contributed by atoms with Crippen LogP contribution in [0.1, 0.15) is 26.2 Å². The van der Waals surface area contributed by atoms with E-state index < -0.39 is 0 Å². The quantitative estimate of drug-likeness (QED) is 0.703. The van der Waals surface area contributed by atoms with Gasteiger partial charge in [0.15, 0.2) is 5.11 Å². The summed E-state index contributed by atoms with van der Waals surface area (Å²) >= 11 is 5.21. The molecule has 1 atom stereocenters. The molecule has 0 aromatic rings. The number of nitrogens with zero attached hydrogens (tertiary/aromatic N) is 1. The lowest BCUT2D eigenvalue weighted by Crippen LogP contribution is -2.51. The van der Waals surface area contributed by atoms with Crippen molar-refractivity contribution >= 4 is 17.3 Å². The van der Waals surface area contributed by atoms with E-state index in [1.54, 1.807) is 7.11 Å². The number of nitrogens with one attached hydrogen (secondary N) is 2. The second kappa shape index (κ2) is 6.98. The van der Waals surface area contributed by atoms with Gasteiger partial charge in [0, 0.05) is 26.2 Å². The predicted octanol–water partition coefficient (Wildman–Crippen LogP) is 0.886. The van der Waals surface area contributed by atoms with Gasteiger partial charge in [-0.05, 0) is 32.0 Å². The fraction of sp³-hybridized carbons (Fsp3) is 0.900. The molecule has 15 heavy (non-hydrogen) atoms. The summed E-state index contributed by atoms with van der Waals surface area (Å²) in [5.74, 6) is 0. The number of rotatable bonds is 4. The van der Waals surface area contributed by atoms with Crippen LogP contribution >= 0.6 is 12.2 Å². The van der Waals surface area contributed by atoms with Gasteiger partial charge in [-0.2, -0.15) is 0 Å². The molecule has 0 radical (unpaired) electrons. The van der Waals surface area contributed by atoms with Crippen LogP contribution in [0.15, 0.2) is 0 Å². The number of hydrogen-bond donors (Lipinski definition) is 2. The summed E-state index contributed by atoms with van der Waals surface area (Å²) in [6, 6.07) is 0.250. The third kappa shape index (κ3) is 5.30. The summed E-state index contributed by atoms with van der Waals surface area (Å²) in [4.78, 5) is 0. The first-order valence-electron chi connectivity index (χ1n) is 5.53. The van der Waals surface area contributed by atoms with Crippen molar-refractivity contribution in [3.8, 4) is 0 Å². The van der Waals surface area contributed by atoms with Gasteiger partial charge in [0.1, 0.15) is 0 Å². The maximum atomic E-state index is 5.21. The molecule has 1 heterocycles. The zero-order valence-corrected chi connectivity index (χ0v) is 10.4. The van der Waals surface area contributed by atoms with E-state index in [0.717, 1.165) is 13.1 Å². The number of ether oxygens (including phenoxy) is 1. The van der Waals surface area contributed by atoms with Crippen molar-refractivity contribution in [2.75, 3.05) is 26.8 Å². The smallest absolute Gasteiger partial charge is 0.181 e. The van der Waals surface area contributed by atoms with Crippen molar-refractivity contribution < 1.29 is 4.74 Å². The molecule has 1 aliphatic heterocycles. The van der Waals surface area contributed by atoms with Crippen LogP contribution in [0.4, 0.5) is 0 Å². The first-order chi connectivity index (χ1) is 7.22. The highest BCUT2D eigenvalue weighted by molar-refractivity contribution is 7.80. The topological polar surface area (TPSA) is 36.5 Å². The molecule has 1 fully saturated rings. The van der Waals surface area contributed by atoms with Gasteiger partial charge in [-0.25, -0.2) is 5.01 Å². The maximum Gasteiger partial charge on any atom is 0.181 e. The first kappa shape index (κ1) is 12.7. The third-order valence-corrected chi connectivity index (χ3v) is 2.62. The lowest BCUT2D eigenvalue weighted by atomic mass is 10.2. The molecule has 0 bridgehead atoms. The lowest BCUT2D eigenvalue weighted by Gasteiger charge is -2.29. The summed E-state index contributed by atoms with van der Waals surface area (Å²) < 4.78 is 5.03. The average Bonchev–Trinajstić information content (AvgIpc) is 2.19. The van der Waals surface area contributed by atoms with Crippen LogP contribution in [0.25, 0.3) is 0 Å². The predicted molar refractivity (Wildman–Crippen MR) is 65.6 cm³/mol. The summed E-state index contributed by atoms with van der Waals surface area (Å²) in [5.41, 5.74) is 3.21. The highest BCUT2D eigenvalue weighted by Gasteiger charge is 2.11. The van der Waals surface area contributed by atoms with E-state index in [1.807, 2.05) is 6.92 Å². The SMILES string of the molecule is COCC(C)NC(=S)NN1CCCCC1. The Bertz CT molecular complexity index is 195. The van der Waals surface area contributed by atoms with Gasteiger partial charge in [0.2, 0.25) is 0 Å². The van der Waals surface area contributed by atoms with E-state index >= 15 is 0 Å². The van der Waals surface area contributed by atoms with Crippen LogP contribution in [-0.2, 0) is 4.74 Å². The average molecular weight is 231 g/mol. The Kier molecular flexibility index (Phi) is 5.90. The molecule has 1 unspecified atom stereocenters. The Morgan fingerprint density at radius 3 is 2.67 bits per heavy atom. The second-order valence-electron chi connectivity index (χ2n) is 3.99. The molecule has 4 nitrogen and oxygen atoms in total. The molecule has 0 spiro atoms. The second-order valence-corrected chi connectivity index (χ2v) is 4.40. The fourth-order valence-corrected chi connectivity index (χ4v) is 2.03. The van der Waals surface area contributed by atoms with Gasteiger partial charge in [-0.3, -0.25) is 5.43 Å². The van der Waals surface area contributed by atoms with Gasteiger partial charge in [0.05, 0.1) is 6.61 Å². The van der Waals surface area contributed by atoms with E-state index in [-0.39, 0.29) is 6.04 Å². The lowest BCUT2D eigenvalue weighted by molar-refractivity contribution is 0.173. The maximum absolute atomic E-state index is 5.21. The van der Waals surface area contributed by atoms with Crippen molar-refractivity contribution in [2.24, 2.45) is 0 Å². The van der Waals surface area contributed by atoms with Crippen LogP contribution < -0.4 is 10.7 Å². The van der Waals surface area contributed by atoms with E-state index in [9.17, 15) is 0 Å². The Morgan fingerprint density at radius 1 is 1.40 bits per heavy atom. The zero-order chi connectivity index (χ0) is 11.1. The van der Waals surface area contributed by atoms with Crippen molar-refractivity contribution in [3.63, 3.8) is 0 Å². The van der Waals surface area contributed by atoms with E-state index in [4.69, 9.17) is 17.0 Å². The monoisotopic (exact) mass is 231 g/mol. The third-order valence-electron chi connectivity index (χ3n) is 2.41. The number of hydrogen-bond acceptors (Lipinski definition) is 3. The van der Waals surface area contributed by atoms with Crippen LogP contribution in [0.5, 0.6) is 0 Å². The number of thiocarbonyl (C=S) groups is 1. The molecule has 88 valence electrons. The summed E-state index contributed by atoms with van der Waals surface area (Å²) in [5, 5.41) is 6.06. The van der Waals surface area contributed by atoms with Crippen LogP contribution in [0.2, 0.25) is 0 Å². The Morgan fingerprint density at radius 2 is 2.07 bits per heavy atom. The Balaban J connectivity index is 2.16. The van der Waals surface area contributed by atoms with Crippen LogP contribution in [-0.4, -0.2) is 43.0 Å². The first-order valence-corrected chi connectivity index (χ1v) is 5.94. The minimum absolute atomic E-state index is 0.250. The molecular weight excluding hydrogens is 210 g/mol. The highest BCUT2D eigenvalue weighted by atomic mass is 32.1. The van der Waals surface area contributed by atoms with Crippen LogP contribution in [0.3, 0.4) is 0 Å². The van der Waals surface area contributed by atoms with Crippen molar-refractivity contribution in [2.45, 2.75) is 32.2 Å².